The Morgan fingerprint density at radius 2 is 1.81 bits per heavy atom. The number of non-ortho nitro benzene ring substituents is 1. The molecule has 0 N–H and O–H groups in total. The first-order chi connectivity index (χ1) is 12.1. The number of sulfone groups is 1. The molecular formula is C16H15NO7S2. The predicted molar refractivity (Wildman–Crippen MR) is 94.1 cm³/mol. The Morgan fingerprint density at radius 3 is 2.31 bits per heavy atom. The first-order valence-corrected chi connectivity index (χ1v) is 9.74. The fourth-order valence-corrected chi connectivity index (χ4v) is 4.03. The zero-order valence-corrected chi connectivity index (χ0v) is 15.5. The van der Waals surface area contributed by atoms with Crippen LogP contribution in [0.2, 0.25) is 0 Å². The Morgan fingerprint density at radius 1 is 1.19 bits per heavy atom. The third kappa shape index (κ3) is 4.33. The molecule has 138 valence electrons. The molecule has 0 unspecified atom stereocenters. The van der Waals surface area contributed by atoms with Crippen LogP contribution in [-0.4, -0.2) is 37.0 Å². The van der Waals surface area contributed by atoms with E-state index in [9.17, 15) is 28.1 Å². The molecule has 1 aromatic carbocycles. The fraction of sp³-hybridized carbons (Fsp3) is 0.250. The number of nitro groups is 1. The third-order valence-corrected chi connectivity index (χ3v) is 6.63. The van der Waals surface area contributed by atoms with Gasteiger partial charge >= 0.3 is 5.97 Å². The molecule has 2 rings (SSSR count). The summed E-state index contributed by atoms with van der Waals surface area (Å²) in [5, 5.41) is 9.07. The molecule has 26 heavy (non-hydrogen) atoms. The molecule has 1 aromatic heterocycles. The monoisotopic (exact) mass is 397 g/mol. The minimum atomic E-state index is -4.09. The van der Waals surface area contributed by atoms with Crippen molar-refractivity contribution in [2.24, 2.45) is 0 Å². The van der Waals surface area contributed by atoms with Crippen LogP contribution in [0.15, 0.2) is 41.3 Å². The van der Waals surface area contributed by atoms with Crippen molar-refractivity contribution in [3.8, 4) is 0 Å². The van der Waals surface area contributed by atoms with Crippen LogP contribution in [0.3, 0.4) is 0 Å². The number of aryl methyl sites for hydroxylation is 1. The van der Waals surface area contributed by atoms with E-state index in [1.165, 1.54) is 11.3 Å². The molecule has 0 bridgehead atoms. The van der Waals surface area contributed by atoms with Crippen molar-refractivity contribution in [3.63, 3.8) is 0 Å². The van der Waals surface area contributed by atoms with Crippen LogP contribution in [0.1, 0.15) is 21.5 Å². The summed E-state index contributed by atoms with van der Waals surface area (Å²) < 4.78 is 29.7. The lowest BCUT2D eigenvalue weighted by molar-refractivity contribution is -0.384. The summed E-state index contributed by atoms with van der Waals surface area (Å²) in [7, 11) is -4.09. The van der Waals surface area contributed by atoms with Gasteiger partial charge in [0, 0.05) is 17.0 Å². The standard InChI is InChI=1S/C16H15NO7S2/c1-10-3-8-15(25-10)14(18)9-24-16(19)11(2)26(22,23)13-6-4-12(5-7-13)17(20)21/h3-8,11H,9H2,1-2H3/t11-/m0/s1. The van der Waals surface area contributed by atoms with E-state index in [1.54, 1.807) is 12.1 Å². The van der Waals surface area contributed by atoms with Crippen LogP contribution in [0.25, 0.3) is 0 Å². The minimum absolute atomic E-state index is 0.243. The van der Waals surface area contributed by atoms with Crippen molar-refractivity contribution < 1.29 is 27.7 Å². The molecule has 0 aliphatic heterocycles. The highest BCUT2D eigenvalue weighted by molar-refractivity contribution is 7.92. The van der Waals surface area contributed by atoms with Crippen LogP contribution < -0.4 is 0 Å². The highest BCUT2D eigenvalue weighted by Crippen LogP contribution is 2.21. The maximum atomic E-state index is 12.4. The number of ether oxygens (including phenoxy) is 1. The van der Waals surface area contributed by atoms with Gasteiger partial charge in [-0.05, 0) is 38.1 Å². The molecule has 1 atom stereocenters. The molecule has 1 heterocycles. The van der Waals surface area contributed by atoms with Crippen molar-refractivity contribution in [1.82, 2.24) is 0 Å². The maximum Gasteiger partial charge on any atom is 0.324 e. The maximum absolute atomic E-state index is 12.4. The van der Waals surface area contributed by atoms with Crippen LogP contribution in [-0.2, 0) is 19.4 Å². The van der Waals surface area contributed by atoms with Gasteiger partial charge in [0.1, 0.15) is 0 Å². The smallest absolute Gasteiger partial charge is 0.324 e. The fourth-order valence-electron chi connectivity index (χ4n) is 2.00. The number of nitrogens with zero attached hydrogens (tertiary/aromatic N) is 1. The van der Waals surface area contributed by atoms with Crippen LogP contribution >= 0.6 is 11.3 Å². The van der Waals surface area contributed by atoms with Gasteiger partial charge in [-0.1, -0.05) is 0 Å². The number of carbonyl (C=O) groups excluding carboxylic acids is 2. The molecule has 0 aliphatic rings. The Balaban J connectivity index is 2.06. The van der Waals surface area contributed by atoms with Gasteiger partial charge < -0.3 is 4.74 Å². The summed E-state index contributed by atoms with van der Waals surface area (Å²) in [5.74, 6) is -1.48. The van der Waals surface area contributed by atoms with Gasteiger partial charge in [-0.2, -0.15) is 0 Å². The van der Waals surface area contributed by atoms with Gasteiger partial charge in [-0.15, -0.1) is 11.3 Å². The summed E-state index contributed by atoms with van der Waals surface area (Å²) in [4.78, 5) is 35.0. The number of esters is 1. The lowest BCUT2D eigenvalue weighted by Crippen LogP contribution is -2.30. The highest BCUT2D eigenvalue weighted by atomic mass is 32.2. The normalized spacial score (nSPS) is 12.4. The van der Waals surface area contributed by atoms with Crippen molar-refractivity contribution in [2.75, 3.05) is 6.61 Å². The number of thiophene rings is 1. The van der Waals surface area contributed by atoms with E-state index in [-0.39, 0.29) is 10.6 Å². The third-order valence-electron chi connectivity index (χ3n) is 3.53. The SMILES string of the molecule is Cc1ccc(C(=O)COC(=O)[C@H](C)S(=O)(=O)c2ccc([N+](=O)[O-])cc2)s1. The minimum Gasteiger partial charge on any atom is -0.456 e. The number of nitro benzene ring substituents is 1. The Bertz CT molecular complexity index is 945. The summed E-state index contributed by atoms with van der Waals surface area (Å²) in [6.07, 6.45) is 0. The van der Waals surface area contributed by atoms with E-state index in [0.717, 1.165) is 36.1 Å². The van der Waals surface area contributed by atoms with Crippen LogP contribution in [0.5, 0.6) is 0 Å². The number of rotatable bonds is 7. The van der Waals surface area contributed by atoms with Crippen molar-refractivity contribution in [1.29, 1.82) is 0 Å². The average Bonchev–Trinajstić information content (AvgIpc) is 3.05. The van der Waals surface area contributed by atoms with Gasteiger partial charge in [0.05, 0.1) is 14.7 Å². The molecule has 0 fully saturated rings. The molecule has 0 amide bonds. The molecule has 0 saturated carbocycles. The highest BCUT2D eigenvalue weighted by Gasteiger charge is 2.32. The number of benzene rings is 1. The molecule has 10 heteroatoms. The predicted octanol–water partition coefficient (Wildman–Crippen LogP) is 2.55. The molecule has 0 radical (unpaired) electrons. The topological polar surface area (TPSA) is 121 Å². The van der Waals surface area contributed by atoms with E-state index >= 15 is 0 Å². The summed E-state index contributed by atoms with van der Waals surface area (Å²) in [5.41, 5.74) is -0.268. The van der Waals surface area contributed by atoms with Gasteiger partial charge in [-0.3, -0.25) is 19.7 Å². The lowest BCUT2D eigenvalue weighted by Gasteiger charge is -2.12. The van der Waals surface area contributed by atoms with E-state index < -0.39 is 38.4 Å². The molecule has 0 saturated heterocycles. The van der Waals surface area contributed by atoms with E-state index in [1.807, 2.05) is 6.92 Å². The lowest BCUT2D eigenvalue weighted by atomic mass is 10.3. The quantitative estimate of drug-likeness (QED) is 0.305. The average molecular weight is 397 g/mol. The largest absolute Gasteiger partial charge is 0.456 e. The second-order valence-electron chi connectivity index (χ2n) is 5.38. The Hall–Kier alpha value is -2.59. The molecule has 2 aromatic rings. The van der Waals surface area contributed by atoms with Crippen molar-refractivity contribution in [3.05, 3.63) is 56.3 Å². The molecule has 0 spiro atoms. The van der Waals surface area contributed by atoms with Crippen LogP contribution in [0, 0.1) is 17.0 Å². The van der Waals surface area contributed by atoms with Crippen molar-refractivity contribution >= 4 is 38.6 Å². The summed E-state index contributed by atoms with van der Waals surface area (Å²) >= 11 is 1.25. The second-order valence-corrected chi connectivity index (χ2v) is 8.94. The number of hydrogen-bond acceptors (Lipinski definition) is 8. The summed E-state index contributed by atoms with van der Waals surface area (Å²) in [6, 6.07) is 7.53. The molecular weight excluding hydrogens is 382 g/mol. The zero-order valence-electron chi connectivity index (χ0n) is 13.9. The van der Waals surface area contributed by atoms with Crippen LogP contribution in [0.4, 0.5) is 5.69 Å². The Kier molecular flexibility index (Phi) is 5.88. The number of carbonyl (C=O) groups is 2. The zero-order chi connectivity index (χ0) is 19.5. The first-order valence-electron chi connectivity index (χ1n) is 7.37. The van der Waals surface area contributed by atoms with E-state index in [2.05, 4.69) is 0 Å². The second kappa shape index (κ2) is 7.75. The van der Waals surface area contributed by atoms with Crippen molar-refractivity contribution in [2.45, 2.75) is 24.0 Å². The van der Waals surface area contributed by atoms with Gasteiger partial charge in [0.15, 0.2) is 21.7 Å². The summed E-state index contributed by atoms with van der Waals surface area (Å²) in [6.45, 7) is 2.41. The molecule has 0 aliphatic carbocycles. The van der Waals surface area contributed by atoms with E-state index in [4.69, 9.17) is 4.74 Å². The molecule has 8 nitrogen and oxygen atoms in total. The number of ketones is 1. The van der Waals surface area contributed by atoms with E-state index in [0.29, 0.717) is 4.88 Å². The van der Waals surface area contributed by atoms with Gasteiger partial charge in [-0.25, -0.2) is 8.42 Å². The van der Waals surface area contributed by atoms with Gasteiger partial charge in [0.2, 0.25) is 5.78 Å². The first kappa shape index (κ1) is 19.7. The number of hydrogen-bond donors (Lipinski definition) is 0. The van der Waals surface area contributed by atoms with Gasteiger partial charge in [0.25, 0.3) is 5.69 Å². The Labute approximate surface area is 153 Å². The number of Topliss-reactive ketones (excluding diaryl/α,β-unsaturated/α-hetero) is 1.